The minimum absolute atomic E-state index is 0. The number of hydrogen-bond acceptors (Lipinski definition) is 3. The predicted molar refractivity (Wildman–Crippen MR) is 40.2 cm³/mol. The molecule has 0 bridgehead atoms. The quantitative estimate of drug-likeness (QED) is 0.297. The second kappa shape index (κ2) is 186. The zero-order valence-electron chi connectivity index (χ0n) is 4.97. The van der Waals surface area contributed by atoms with E-state index in [9.17, 15) is 0 Å². The van der Waals surface area contributed by atoms with Gasteiger partial charge in [0.1, 0.15) is 0 Å². The summed E-state index contributed by atoms with van der Waals surface area (Å²) in [6.45, 7) is 0. The van der Waals surface area contributed by atoms with Crippen molar-refractivity contribution in [3.05, 3.63) is 16.2 Å². The van der Waals surface area contributed by atoms with Gasteiger partial charge >= 0.3 is 0 Å². The molecule has 0 aromatic heterocycles. The van der Waals surface area contributed by atoms with E-state index < -0.39 is 0 Å². The topological polar surface area (TPSA) is 118 Å². The monoisotopic (exact) mass is 190 g/mol. The zero-order valence-corrected chi connectivity index (χ0v) is 6.79. The van der Waals surface area contributed by atoms with Gasteiger partial charge in [-0.15, -0.1) is 12.4 Å². The molecule has 8 heteroatoms. The molecule has 0 saturated heterocycles. The summed E-state index contributed by atoms with van der Waals surface area (Å²) in [4.78, 5) is 24.7. The number of carbonyl (C=O) groups excluding carboxylic acids is 3. The first-order valence-electron chi connectivity index (χ1n) is 1.28. The number of hydrogen-bond donors (Lipinski definition) is 0. The first kappa shape index (κ1) is 33.4. The number of rotatable bonds is 0. The standard InChI is InChI=1S/3CNO.ClH.Si/c3*2-1-3;;/h;;;1H;/q3*-1;;. The van der Waals surface area contributed by atoms with Gasteiger partial charge in [0.2, 0.25) is 0 Å². The van der Waals surface area contributed by atoms with E-state index in [1.54, 1.807) is 0 Å². The molecule has 0 heterocycles. The molecule has 0 aliphatic heterocycles. The van der Waals surface area contributed by atoms with Crippen molar-refractivity contribution in [3.8, 4) is 0 Å². The molecule has 0 spiro atoms. The molecule has 0 aromatic rings. The van der Waals surface area contributed by atoms with Crippen LogP contribution in [0.4, 0.5) is 0 Å². The Kier molecular flexibility index (Phi) is 566. The minimum Gasteiger partial charge on any atom is -0.724 e. The molecule has 4 radical (unpaired) electrons. The van der Waals surface area contributed by atoms with Gasteiger partial charge in [-0.3, -0.25) is 14.4 Å². The molecular formula is C3HClN3O3Si-3. The third-order valence-corrected chi connectivity index (χ3v) is 0. The van der Waals surface area contributed by atoms with Crippen molar-refractivity contribution >= 4 is 41.6 Å². The first-order chi connectivity index (χ1) is 4.24. The molecule has 11 heavy (non-hydrogen) atoms. The largest absolute Gasteiger partial charge is 0.724 e. The smallest absolute Gasteiger partial charge is 0 e. The van der Waals surface area contributed by atoms with Crippen molar-refractivity contribution < 1.29 is 14.4 Å². The molecule has 0 aliphatic rings. The molecule has 0 rings (SSSR count). The maximum atomic E-state index is 8.24. The summed E-state index contributed by atoms with van der Waals surface area (Å²) in [5.74, 6) is 0. The van der Waals surface area contributed by atoms with Crippen LogP contribution in [-0.4, -0.2) is 29.2 Å². The average Bonchev–Trinajstić information content (AvgIpc) is 1.70. The van der Waals surface area contributed by atoms with Crippen LogP contribution in [0, 0.1) is 0 Å². The van der Waals surface area contributed by atoms with Gasteiger partial charge in [-0.1, -0.05) is 0 Å². The van der Waals surface area contributed by atoms with Crippen LogP contribution in [0.1, 0.15) is 0 Å². The lowest BCUT2D eigenvalue weighted by Gasteiger charge is -1.32. The van der Waals surface area contributed by atoms with E-state index in [2.05, 4.69) is 0 Å². The van der Waals surface area contributed by atoms with Crippen molar-refractivity contribution in [2.24, 2.45) is 0 Å². The highest BCUT2D eigenvalue weighted by Gasteiger charge is 0.796. The van der Waals surface area contributed by atoms with E-state index in [0.29, 0.717) is 18.2 Å². The van der Waals surface area contributed by atoms with Crippen LogP contribution in [0.2, 0.25) is 0 Å². The molecule has 0 unspecified atom stereocenters. The van der Waals surface area contributed by atoms with Crippen molar-refractivity contribution in [2.75, 3.05) is 0 Å². The van der Waals surface area contributed by atoms with Crippen LogP contribution in [0.5, 0.6) is 0 Å². The Labute approximate surface area is 72.9 Å². The first-order valence-corrected chi connectivity index (χ1v) is 1.28. The summed E-state index contributed by atoms with van der Waals surface area (Å²) >= 11 is 0. The molecule has 0 atom stereocenters. The lowest BCUT2D eigenvalue weighted by atomic mass is 11.7. The molecule has 60 valence electrons. The Morgan fingerprint density at radius 2 is 0.727 bits per heavy atom. The van der Waals surface area contributed by atoms with Crippen molar-refractivity contribution in [1.82, 2.24) is 0 Å². The van der Waals surface area contributed by atoms with E-state index in [1.807, 2.05) is 0 Å². The predicted octanol–water partition coefficient (Wildman–Crippen LogP) is -0.284. The molecule has 0 aromatic carbocycles. The second-order valence-electron chi connectivity index (χ2n) is 0.274. The number of halogens is 1. The Hall–Kier alpha value is -1.35. The molecular weight excluding hydrogens is 190 g/mol. The maximum absolute atomic E-state index is 8.24. The summed E-state index contributed by atoms with van der Waals surface area (Å²) in [5, 5.41) is 20.3. The van der Waals surface area contributed by atoms with Gasteiger partial charge in [0.05, 0.1) is 0 Å². The fourth-order valence-electron chi connectivity index (χ4n) is 0. The van der Waals surface area contributed by atoms with Crippen molar-refractivity contribution in [3.63, 3.8) is 0 Å². The number of isocyanates is 3. The van der Waals surface area contributed by atoms with Crippen molar-refractivity contribution in [1.29, 1.82) is 0 Å². The lowest BCUT2D eigenvalue weighted by Crippen LogP contribution is -1.13. The summed E-state index contributed by atoms with van der Waals surface area (Å²) in [6, 6.07) is 0. The fourth-order valence-corrected chi connectivity index (χ4v) is 0. The Balaban J connectivity index is -0.0000000150. The van der Waals surface area contributed by atoms with E-state index in [-0.39, 0.29) is 23.4 Å². The summed E-state index contributed by atoms with van der Waals surface area (Å²) in [7, 11) is 0. The maximum Gasteiger partial charge on any atom is 0 e. The SMILES string of the molecule is Cl.[N-]=C=O.[N-]=C=O.[N-]=C=O.[Si]. The van der Waals surface area contributed by atoms with E-state index in [4.69, 9.17) is 30.6 Å². The van der Waals surface area contributed by atoms with Crippen LogP contribution in [0.25, 0.3) is 16.2 Å². The van der Waals surface area contributed by atoms with Crippen molar-refractivity contribution in [2.45, 2.75) is 0 Å². The van der Waals surface area contributed by atoms with Gasteiger partial charge in [-0.2, -0.15) is 0 Å². The average molecular weight is 191 g/mol. The highest BCUT2D eigenvalue weighted by Crippen LogP contribution is 0.955. The second-order valence-corrected chi connectivity index (χ2v) is 0.274. The van der Waals surface area contributed by atoms with E-state index >= 15 is 0 Å². The number of nitrogens with zero attached hydrogens (tertiary/aromatic N) is 3. The van der Waals surface area contributed by atoms with Crippen LogP contribution in [0.15, 0.2) is 0 Å². The van der Waals surface area contributed by atoms with Gasteiger partial charge in [0.15, 0.2) is 0 Å². The summed E-state index contributed by atoms with van der Waals surface area (Å²) in [6.07, 6.45) is 1.50. The minimum atomic E-state index is 0. The Morgan fingerprint density at radius 3 is 0.727 bits per heavy atom. The third kappa shape index (κ3) is 209. The molecule has 6 nitrogen and oxygen atoms in total. The van der Waals surface area contributed by atoms with Crippen LogP contribution in [0.3, 0.4) is 0 Å². The van der Waals surface area contributed by atoms with Crippen LogP contribution < -0.4 is 0 Å². The van der Waals surface area contributed by atoms with Gasteiger partial charge in [0.25, 0.3) is 0 Å². The molecule has 0 amide bonds. The Morgan fingerprint density at radius 1 is 0.727 bits per heavy atom. The summed E-state index contributed by atoms with van der Waals surface area (Å²) < 4.78 is 0. The van der Waals surface area contributed by atoms with Crippen LogP contribution >= 0.6 is 12.4 Å². The van der Waals surface area contributed by atoms with E-state index in [0.717, 1.165) is 0 Å². The highest BCUT2D eigenvalue weighted by molar-refractivity contribution is 5.85. The zero-order chi connectivity index (χ0) is 8.12. The van der Waals surface area contributed by atoms with E-state index in [1.165, 1.54) is 0 Å². The molecule has 0 aliphatic carbocycles. The molecule has 0 N–H and O–H groups in total. The van der Waals surface area contributed by atoms with Gasteiger partial charge < -0.3 is 16.2 Å². The Bertz CT molecular complexity index is 115. The normalized spacial score (nSPS) is 2.18. The third-order valence-electron chi connectivity index (χ3n) is 0. The molecule has 0 saturated carbocycles. The van der Waals surface area contributed by atoms with Gasteiger partial charge in [-0.05, 0) is 18.2 Å². The van der Waals surface area contributed by atoms with Crippen LogP contribution in [-0.2, 0) is 14.4 Å². The van der Waals surface area contributed by atoms with Gasteiger partial charge in [0, 0.05) is 11.0 Å². The summed E-state index contributed by atoms with van der Waals surface area (Å²) in [5.41, 5.74) is 0. The lowest BCUT2D eigenvalue weighted by molar-refractivity contribution is 0.568. The highest BCUT2D eigenvalue weighted by atomic mass is 35.5. The fraction of sp³-hybridized carbons (Fsp3) is 0. The molecule has 0 fully saturated rings. The van der Waals surface area contributed by atoms with Gasteiger partial charge in [-0.25, -0.2) is 0 Å².